The largest absolute Gasteiger partial charge is 0.459 e. The first-order valence-corrected chi connectivity index (χ1v) is 7.71. The summed E-state index contributed by atoms with van der Waals surface area (Å²) in [4.78, 5) is 12.1. The third kappa shape index (κ3) is 3.45. The molecule has 3 rings (SSSR count). The predicted octanol–water partition coefficient (Wildman–Crippen LogP) is 3.00. The zero-order valence-corrected chi connectivity index (χ0v) is 12.4. The van der Waals surface area contributed by atoms with Crippen molar-refractivity contribution in [2.75, 3.05) is 13.1 Å². The number of carbonyl (C=O) groups excluding carboxylic acids is 1. The Balaban J connectivity index is 1.59. The van der Waals surface area contributed by atoms with Gasteiger partial charge in [0.25, 0.3) is 0 Å². The minimum Gasteiger partial charge on any atom is -0.459 e. The first-order valence-electron chi connectivity index (χ1n) is 7.71. The second-order valence-corrected chi connectivity index (χ2v) is 5.87. The van der Waals surface area contributed by atoms with Crippen LogP contribution < -0.4 is 10.6 Å². The molecule has 1 aromatic heterocycles. The Morgan fingerprint density at radius 3 is 2.90 bits per heavy atom. The van der Waals surface area contributed by atoms with E-state index >= 15 is 0 Å². The Morgan fingerprint density at radius 2 is 2.14 bits per heavy atom. The fraction of sp³-hybridized carbons (Fsp3) is 0.471. The van der Waals surface area contributed by atoms with Crippen LogP contribution in [0.1, 0.15) is 38.0 Å². The smallest absolute Gasteiger partial charge is 0.220 e. The number of furan rings is 1. The second-order valence-electron chi connectivity index (χ2n) is 5.87. The lowest BCUT2D eigenvalue weighted by Gasteiger charge is -2.22. The van der Waals surface area contributed by atoms with Crippen molar-refractivity contribution in [2.24, 2.45) is 5.92 Å². The summed E-state index contributed by atoms with van der Waals surface area (Å²) in [6.07, 6.45) is 2.80. The van der Waals surface area contributed by atoms with Crippen molar-refractivity contribution in [1.29, 1.82) is 0 Å². The van der Waals surface area contributed by atoms with Gasteiger partial charge in [-0.25, -0.2) is 0 Å². The topological polar surface area (TPSA) is 54.3 Å². The maximum absolute atomic E-state index is 12.1. The Bertz CT molecular complexity index is 581. The average Bonchev–Trinajstić information content (AvgIpc) is 2.92. The zero-order chi connectivity index (χ0) is 14.7. The monoisotopic (exact) mass is 286 g/mol. The van der Waals surface area contributed by atoms with Crippen molar-refractivity contribution >= 4 is 16.9 Å². The highest BCUT2D eigenvalue weighted by Crippen LogP contribution is 2.24. The SMILES string of the molecule is CC(NC(=O)CC1CCNCC1)c1cc2ccccc2o1. The number of carbonyl (C=O) groups is 1. The van der Waals surface area contributed by atoms with Gasteiger partial charge in [0.1, 0.15) is 11.3 Å². The summed E-state index contributed by atoms with van der Waals surface area (Å²) in [7, 11) is 0. The molecule has 2 aromatic rings. The predicted molar refractivity (Wildman–Crippen MR) is 83.0 cm³/mol. The number of rotatable bonds is 4. The van der Waals surface area contributed by atoms with Gasteiger partial charge in [0.15, 0.2) is 0 Å². The van der Waals surface area contributed by atoms with Crippen molar-refractivity contribution in [2.45, 2.75) is 32.2 Å². The summed E-state index contributed by atoms with van der Waals surface area (Å²) in [5, 5.41) is 7.45. The molecule has 1 fully saturated rings. The van der Waals surface area contributed by atoms with Crippen molar-refractivity contribution in [3.8, 4) is 0 Å². The van der Waals surface area contributed by atoms with E-state index in [-0.39, 0.29) is 11.9 Å². The van der Waals surface area contributed by atoms with Gasteiger partial charge in [0.05, 0.1) is 6.04 Å². The van der Waals surface area contributed by atoms with E-state index in [0.717, 1.165) is 42.7 Å². The van der Waals surface area contributed by atoms with E-state index < -0.39 is 0 Å². The molecule has 0 bridgehead atoms. The van der Waals surface area contributed by atoms with Crippen LogP contribution in [0.2, 0.25) is 0 Å². The number of para-hydroxylation sites is 1. The summed E-state index contributed by atoms with van der Waals surface area (Å²) >= 11 is 0. The van der Waals surface area contributed by atoms with Crippen molar-refractivity contribution in [1.82, 2.24) is 10.6 Å². The molecular weight excluding hydrogens is 264 g/mol. The van der Waals surface area contributed by atoms with Crippen molar-refractivity contribution < 1.29 is 9.21 Å². The molecule has 1 amide bonds. The molecule has 1 aliphatic rings. The van der Waals surface area contributed by atoms with Gasteiger partial charge in [-0.2, -0.15) is 0 Å². The number of amides is 1. The molecule has 0 saturated carbocycles. The molecule has 4 nitrogen and oxygen atoms in total. The fourth-order valence-corrected chi connectivity index (χ4v) is 2.94. The number of benzene rings is 1. The molecule has 2 heterocycles. The maximum atomic E-state index is 12.1. The summed E-state index contributed by atoms with van der Waals surface area (Å²) in [5.41, 5.74) is 0.868. The van der Waals surface area contributed by atoms with Gasteiger partial charge in [0, 0.05) is 11.8 Å². The zero-order valence-electron chi connectivity index (χ0n) is 12.4. The van der Waals surface area contributed by atoms with Crippen LogP contribution in [0.5, 0.6) is 0 Å². The summed E-state index contributed by atoms with van der Waals surface area (Å²) in [5.74, 6) is 1.44. The first-order chi connectivity index (χ1) is 10.2. The normalized spacial score (nSPS) is 17.8. The number of fused-ring (bicyclic) bond motifs is 1. The standard InChI is InChI=1S/C17H22N2O2/c1-12(16-11-14-4-2-3-5-15(14)21-16)19-17(20)10-13-6-8-18-9-7-13/h2-5,11-13,18H,6-10H2,1H3,(H,19,20). The van der Waals surface area contributed by atoms with Crippen LogP contribution in [0.3, 0.4) is 0 Å². The van der Waals surface area contributed by atoms with Crippen LogP contribution in [0.15, 0.2) is 34.7 Å². The van der Waals surface area contributed by atoms with Crippen LogP contribution in [-0.2, 0) is 4.79 Å². The molecule has 1 saturated heterocycles. The van der Waals surface area contributed by atoms with Crippen LogP contribution in [0.25, 0.3) is 11.0 Å². The van der Waals surface area contributed by atoms with E-state index in [0.29, 0.717) is 12.3 Å². The van der Waals surface area contributed by atoms with E-state index in [9.17, 15) is 4.79 Å². The first kappa shape index (κ1) is 14.1. The number of nitrogens with one attached hydrogen (secondary N) is 2. The van der Waals surface area contributed by atoms with E-state index in [1.807, 2.05) is 37.3 Å². The Morgan fingerprint density at radius 1 is 1.38 bits per heavy atom. The average molecular weight is 286 g/mol. The number of piperidine rings is 1. The molecule has 1 unspecified atom stereocenters. The second kappa shape index (κ2) is 6.31. The Kier molecular flexibility index (Phi) is 4.25. The minimum atomic E-state index is -0.0911. The lowest BCUT2D eigenvalue weighted by atomic mass is 9.94. The highest BCUT2D eigenvalue weighted by molar-refractivity contribution is 5.79. The molecular formula is C17H22N2O2. The van der Waals surface area contributed by atoms with E-state index in [1.165, 1.54) is 0 Å². The molecule has 4 heteroatoms. The van der Waals surface area contributed by atoms with Crippen LogP contribution in [0, 0.1) is 5.92 Å². The quantitative estimate of drug-likeness (QED) is 0.908. The lowest BCUT2D eigenvalue weighted by Crippen LogP contribution is -2.33. The molecule has 1 aliphatic heterocycles. The fourth-order valence-electron chi connectivity index (χ4n) is 2.94. The van der Waals surface area contributed by atoms with Gasteiger partial charge in [-0.3, -0.25) is 4.79 Å². The highest BCUT2D eigenvalue weighted by Gasteiger charge is 2.19. The van der Waals surface area contributed by atoms with Gasteiger partial charge in [-0.05, 0) is 50.9 Å². The van der Waals surface area contributed by atoms with Crippen LogP contribution in [-0.4, -0.2) is 19.0 Å². The Hall–Kier alpha value is -1.81. The van der Waals surface area contributed by atoms with Gasteiger partial charge >= 0.3 is 0 Å². The maximum Gasteiger partial charge on any atom is 0.220 e. The van der Waals surface area contributed by atoms with E-state index in [1.54, 1.807) is 0 Å². The molecule has 0 spiro atoms. The summed E-state index contributed by atoms with van der Waals surface area (Å²) in [6, 6.07) is 9.82. The van der Waals surface area contributed by atoms with Gasteiger partial charge in [0.2, 0.25) is 5.91 Å². The molecule has 0 aliphatic carbocycles. The molecule has 21 heavy (non-hydrogen) atoms. The van der Waals surface area contributed by atoms with Gasteiger partial charge in [-0.1, -0.05) is 18.2 Å². The number of hydrogen-bond donors (Lipinski definition) is 2. The summed E-state index contributed by atoms with van der Waals surface area (Å²) in [6.45, 7) is 4.02. The van der Waals surface area contributed by atoms with Crippen molar-refractivity contribution in [3.05, 3.63) is 36.1 Å². The van der Waals surface area contributed by atoms with Crippen LogP contribution >= 0.6 is 0 Å². The molecule has 112 valence electrons. The third-order valence-corrected chi connectivity index (χ3v) is 4.18. The van der Waals surface area contributed by atoms with E-state index in [2.05, 4.69) is 10.6 Å². The molecule has 0 radical (unpaired) electrons. The number of hydrogen-bond acceptors (Lipinski definition) is 3. The van der Waals surface area contributed by atoms with Gasteiger partial charge in [-0.15, -0.1) is 0 Å². The van der Waals surface area contributed by atoms with Gasteiger partial charge < -0.3 is 15.1 Å². The van der Waals surface area contributed by atoms with E-state index in [4.69, 9.17) is 4.42 Å². The molecule has 1 aromatic carbocycles. The van der Waals surface area contributed by atoms with Crippen LogP contribution in [0.4, 0.5) is 0 Å². The Labute approximate surface area is 124 Å². The third-order valence-electron chi connectivity index (χ3n) is 4.18. The molecule has 2 N–H and O–H groups in total. The lowest BCUT2D eigenvalue weighted by molar-refractivity contribution is -0.122. The highest BCUT2D eigenvalue weighted by atomic mass is 16.3. The minimum absolute atomic E-state index is 0.0911. The van der Waals surface area contributed by atoms with Crippen molar-refractivity contribution in [3.63, 3.8) is 0 Å². The molecule has 1 atom stereocenters. The summed E-state index contributed by atoms with van der Waals surface area (Å²) < 4.78 is 5.80.